The number of hydrogen-bond donors (Lipinski definition) is 1. The lowest BCUT2D eigenvalue weighted by Gasteiger charge is -2.18. The SMILES string of the molecule is Cc1cnn(C)c1-c1nsc(NC(=O)OC(C)(C)C)n1. The highest BCUT2D eigenvalue weighted by molar-refractivity contribution is 7.10. The number of carbonyl (C=O) groups is 1. The molecule has 2 rings (SSSR count). The summed E-state index contributed by atoms with van der Waals surface area (Å²) in [6.07, 6.45) is 1.21. The van der Waals surface area contributed by atoms with Gasteiger partial charge in [-0.2, -0.15) is 14.5 Å². The van der Waals surface area contributed by atoms with E-state index in [0.717, 1.165) is 22.8 Å². The van der Waals surface area contributed by atoms with Crippen molar-refractivity contribution in [2.75, 3.05) is 5.32 Å². The molecule has 2 aromatic rings. The van der Waals surface area contributed by atoms with E-state index in [4.69, 9.17) is 4.74 Å². The molecule has 0 aromatic carbocycles. The Morgan fingerprint density at radius 3 is 2.70 bits per heavy atom. The monoisotopic (exact) mass is 295 g/mol. The summed E-state index contributed by atoms with van der Waals surface area (Å²) in [7, 11) is 1.82. The predicted octanol–water partition coefficient (Wildman–Crippen LogP) is 2.59. The summed E-state index contributed by atoms with van der Waals surface area (Å²) in [6.45, 7) is 7.34. The van der Waals surface area contributed by atoms with Gasteiger partial charge in [-0.25, -0.2) is 4.79 Å². The first-order valence-electron chi connectivity index (χ1n) is 6.09. The minimum atomic E-state index is -0.545. The van der Waals surface area contributed by atoms with Gasteiger partial charge in [0.15, 0.2) is 5.82 Å². The maximum absolute atomic E-state index is 11.6. The van der Waals surface area contributed by atoms with Crippen LogP contribution in [0.15, 0.2) is 6.20 Å². The fourth-order valence-electron chi connectivity index (χ4n) is 1.63. The fourth-order valence-corrected chi connectivity index (χ4v) is 2.19. The molecular formula is C12H17N5O2S. The number of aromatic nitrogens is 4. The summed E-state index contributed by atoms with van der Waals surface area (Å²) in [6, 6.07) is 0. The van der Waals surface area contributed by atoms with E-state index in [1.807, 2.05) is 14.0 Å². The van der Waals surface area contributed by atoms with Crippen molar-refractivity contribution in [1.29, 1.82) is 0 Å². The molecule has 20 heavy (non-hydrogen) atoms. The van der Waals surface area contributed by atoms with Crippen LogP contribution >= 0.6 is 11.5 Å². The maximum atomic E-state index is 11.6. The first-order valence-corrected chi connectivity index (χ1v) is 6.86. The summed E-state index contributed by atoms with van der Waals surface area (Å²) in [5, 5.41) is 7.11. The van der Waals surface area contributed by atoms with E-state index in [1.165, 1.54) is 0 Å². The van der Waals surface area contributed by atoms with Gasteiger partial charge in [0.2, 0.25) is 5.13 Å². The molecule has 1 N–H and O–H groups in total. The van der Waals surface area contributed by atoms with Gasteiger partial charge in [-0.05, 0) is 33.3 Å². The molecule has 2 heterocycles. The molecule has 1 amide bonds. The summed E-state index contributed by atoms with van der Waals surface area (Å²) in [5.74, 6) is 0.540. The molecule has 0 aliphatic carbocycles. The number of nitrogens with one attached hydrogen (secondary N) is 1. The van der Waals surface area contributed by atoms with Crippen molar-refractivity contribution in [1.82, 2.24) is 19.1 Å². The van der Waals surface area contributed by atoms with Crippen LogP contribution in [0.4, 0.5) is 9.93 Å². The third-order valence-corrected chi connectivity index (χ3v) is 3.00. The molecule has 0 radical (unpaired) electrons. The third kappa shape index (κ3) is 3.32. The molecule has 108 valence electrons. The van der Waals surface area contributed by atoms with Crippen LogP contribution < -0.4 is 5.32 Å². The zero-order valence-electron chi connectivity index (χ0n) is 12.1. The van der Waals surface area contributed by atoms with Crippen molar-refractivity contribution < 1.29 is 9.53 Å². The molecule has 8 heteroatoms. The Morgan fingerprint density at radius 2 is 2.15 bits per heavy atom. The summed E-state index contributed by atoms with van der Waals surface area (Å²) in [5.41, 5.74) is 1.27. The largest absolute Gasteiger partial charge is 0.444 e. The van der Waals surface area contributed by atoms with Gasteiger partial charge >= 0.3 is 6.09 Å². The van der Waals surface area contributed by atoms with Gasteiger partial charge in [-0.15, -0.1) is 0 Å². The van der Waals surface area contributed by atoms with E-state index >= 15 is 0 Å². The molecule has 7 nitrogen and oxygen atoms in total. The highest BCUT2D eigenvalue weighted by atomic mass is 32.1. The number of amides is 1. The summed E-state index contributed by atoms with van der Waals surface area (Å²) < 4.78 is 11.1. The van der Waals surface area contributed by atoms with Gasteiger partial charge in [-0.1, -0.05) is 0 Å². The van der Waals surface area contributed by atoms with Gasteiger partial charge in [-0.3, -0.25) is 10.00 Å². The standard InChI is InChI=1S/C12H17N5O2S/c1-7-6-13-17(5)8(7)9-14-10(20-16-9)15-11(18)19-12(2,3)4/h6H,1-5H3,(H,14,15,16,18). The average Bonchev–Trinajstić information content (AvgIpc) is 2.83. The minimum absolute atomic E-state index is 0.398. The number of aryl methyl sites for hydroxylation is 2. The van der Waals surface area contributed by atoms with Gasteiger partial charge < -0.3 is 4.74 Å². The molecule has 0 aliphatic rings. The Bertz CT molecular complexity index is 607. The molecule has 0 bridgehead atoms. The van der Waals surface area contributed by atoms with Crippen LogP contribution in [0.5, 0.6) is 0 Å². The second-order valence-corrected chi connectivity index (χ2v) is 6.10. The minimum Gasteiger partial charge on any atom is -0.444 e. The number of hydrogen-bond acceptors (Lipinski definition) is 6. The van der Waals surface area contributed by atoms with Gasteiger partial charge in [0, 0.05) is 18.6 Å². The van der Waals surface area contributed by atoms with Crippen LogP contribution in [0.2, 0.25) is 0 Å². The molecule has 2 aromatic heterocycles. The zero-order chi connectivity index (χ0) is 14.9. The maximum Gasteiger partial charge on any atom is 0.414 e. The molecule has 0 atom stereocenters. The van der Waals surface area contributed by atoms with E-state index in [9.17, 15) is 4.79 Å². The summed E-state index contributed by atoms with van der Waals surface area (Å²) >= 11 is 1.11. The van der Waals surface area contributed by atoms with E-state index in [0.29, 0.717) is 11.0 Å². The normalized spacial score (nSPS) is 11.4. The van der Waals surface area contributed by atoms with E-state index in [-0.39, 0.29) is 0 Å². The second kappa shape index (κ2) is 5.20. The van der Waals surface area contributed by atoms with Crippen molar-refractivity contribution in [2.24, 2.45) is 7.05 Å². The van der Waals surface area contributed by atoms with E-state index in [1.54, 1.807) is 31.6 Å². The Morgan fingerprint density at radius 1 is 1.45 bits per heavy atom. The lowest BCUT2D eigenvalue weighted by molar-refractivity contribution is 0.0636. The van der Waals surface area contributed by atoms with Gasteiger partial charge in [0.05, 0.1) is 6.20 Å². The van der Waals surface area contributed by atoms with Gasteiger partial charge in [0.1, 0.15) is 11.3 Å². The highest BCUT2D eigenvalue weighted by Gasteiger charge is 2.19. The van der Waals surface area contributed by atoms with Crippen LogP contribution in [-0.4, -0.2) is 30.8 Å². The fraction of sp³-hybridized carbons (Fsp3) is 0.500. The summed E-state index contributed by atoms with van der Waals surface area (Å²) in [4.78, 5) is 15.9. The number of carbonyl (C=O) groups excluding carboxylic acids is 1. The lowest BCUT2D eigenvalue weighted by Crippen LogP contribution is -2.27. The number of nitrogens with zero attached hydrogens (tertiary/aromatic N) is 4. The molecule has 0 saturated carbocycles. The Kier molecular flexibility index (Phi) is 3.76. The van der Waals surface area contributed by atoms with Crippen LogP contribution in [-0.2, 0) is 11.8 Å². The Hall–Kier alpha value is -1.96. The third-order valence-electron chi connectivity index (χ3n) is 2.37. The molecule has 0 fully saturated rings. The first kappa shape index (κ1) is 14.4. The van der Waals surface area contributed by atoms with Crippen LogP contribution in [0.25, 0.3) is 11.5 Å². The second-order valence-electron chi connectivity index (χ2n) is 5.35. The number of rotatable bonds is 2. The average molecular weight is 295 g/mol. The molecule has 0 unspecified atom stereocenters. The number of anilines is 1. The van der Waals surface area contributed by atoms with E-state index < -0.39 is 11.7 Å². The smallest absolute Gasteiger partial charge is 0.414 e. The van der Waals surface area contributed by atoms with Crippen molar-refractivity contribution >= 4 is 22.8 Å². The molecule has 0 spiro atoms. The van der Waals surface area contributed by atoms with Crippen molar-refractivity contribution in [3.05, 3.63) is 11.8 Å². The lowest BCUT2D eigenvalue weighted by atomic mass is 10.2. The van der Waals surface area contributed by atoms with Crippen molar-refractivity contribution in [3.8, 4) is 11.5 Å². The zero-order valence-corrected chi connectivity index (χ0v) is 12.9. The van der Waals surface area contributed by atoms with Crippen LogP contribution in [0, 0.1) is 6.92 Å². The first-order chi connectivity index (χ1) is 9.26. The molecular weight excluding hydrogens is 278 g/mol. The van der Waals surface area contributed by atoms with E-state index in [2.05, 4.69) is 19.8 Å². The predicted molar refractivity (Wildman–Crippen MR) is 76.7 cm³/mol. The van der Waals surface area contributed by atoms with Crippen molar-refractivity contribution in [3.63, 3.8) is 0 Å². The number of ether oxygens (including phenoxy) is 1. The highest BCUT2D eigenvalue weighted by Crippen LogP contribution is 2.23. The van der Waals surface area contributed by atoms with Crippen LogP contribution in [0.1, 0.15) is 26.3 Å². The Balaban J connectivity index is 2.12. The van der Waals surface area contributed by atoms with Gasteiger partial charge in [0.25, 0.3) is 0 Å². The van der Waals surface area contributed by atoms with Crippen LogP contribution in [0.3, 0.4) is 0 Å². The Labute approximate surface area is 121 Å². The topological polar surface area (TPSA) is 81.9 Å². The molecule has 0 saturated heterocycles. The van der Waals surface area contributed by atoms with Crippen molar-refractivity contribution in [2.45, 2.75) is 33.3 Å². The molecule has 0 aliphatic heterocycles. The quantitative estimate of drug-likeness (QED) is 0.921.